The van der Waals surface area contributed by atoms with Gasteiger partial charge in [0.05, 0.1) is 6.04 Å². The number of Topliss-reactive ketones (excluding diaryl/α,β-unsaturated/α-hetero) is 1. The van der Waals surface area contributed by atoms with E-state index in [1.807, 2.05) is 42.2 Å². The molecule has 2 aromatic heterocycles. The SMILES string of the molecule is C[C@@H](CC(=O)[C@H]1CCCN1c1nc2c(=O)n(C3CCOCC3)c(C(F)F)nc2s1)c1ccccc1. The molecule has 0 radical (unpaired) electrons. The highest BCUT2D eigenvalue weighted by Crippen LogP contribution is 2.35. The topological polar surface area (TPSA) is 77.3 Å². The lowest BCUT2D eigenvalue weighted by atomic mass is 9.93. The van der Waals surface area contributed by atoms with Crippen LogP contribution < -0.4 is 10.5 Å². The molecule has 2 saturated heterocycles. The minimum atomic E-state index is -2.87. The lowest BCUT2D eigenvalue weighted by molar-refractivity contribution is -0.120. The number of alkyl halides is 2. The lowest BCUT2D eigenvalue weighted by Gasteiger charge is -2.25. The summed E-state index contributed by atoms with van der Waals surface area (Å²) in [6.45, 7) is 3.50. The average molecular weight is 503 g/mol. The van der Waals surface area contributed by atoms with E-state index < -0.39 is 17.8 Å². The quantitative estimate of drug-likeness (QED) is 0.459. The molecule has 1 aromatic carbocycles. The molecule has 0 saturated carbocycles. The number of thiazole rings is 1. The molecule has 0 spiro atoms. The van der Waals surface area contributed by atoms with Crippen molar-refractivity contribution in [2.75, 3.05) is 24.7 Å². The second kappa shape index (κ2) is 10.1. The van der Waals surface area contributed by atoms with Gasteiger partial charge in [-0.05, 0) is 37.2 Å². The predicted molar refractivity (Wildman–Crippen MR) is 131 cm³/mol. The second-order valence-electron chi connectivity index (χ2n) is 9.27. The van der Waals surface area contributed by atoms with E-state index in [0.717, 1.165) is 27.9 Å². The molecule has 0 aliphatic carbocycles. The maximum absolute atomic E-state index is 13.9. The van der Waals surface area contributed by atoms with E-state index >= 15 is 0 Å². The van der Waals surface area contributed by atoms with Gasteiger partial charge in [-0.2, -0.15) is 0 Å². The van der Waals surface area contributed by atoms with Crippen LogP contribution in [0.1, 0.15) is 68.8 Å². The van der Waals surface area contributed by atoms with Gasteiger partial charge in [0.15, 0.2) is 27.1 Å². The average Bonchev–Trinajstić information content (AvgIpc) is 3.52. The number of carbonyl (C=O) groups is 1. The first-order valence-electron chi connectivity index (χ1n) is 12.1. The number of anilines is 1. The first-order chi connectivity index (χ1) is 16.9. The molecule has 186 valence electrons. The van der Waals surface area contributed by atoms with Crippen molar-refractivity contribution in [2.45, 2.75) is 63.5 Å². The Morgan fingerprint density at radius 3 is 2.63 bits per heavy atom. The highest BCUT2D eigenvalue weighted by molar-refractivity contribution is 7.21. The number of hydrogen-bond donors (Lipinski definition) is 0. The Hall–Kier alpha value is -2.72. The number of benzene rings is 1. The van der Waals surface area contributed by atoms with Crippen LogP contribution in [-0.4, -0.2) is 46.1 Å². The minimum Gasteiger partial charge on any atom is -0.381 e. The van der Waals surface area contributed by atoms with E-state index in [0.29, 0.717) is 50.6 Å². The van der Waals surface area contributed by atoms with Crippen LogP contribution in [0.4, 0.5) is 13.9 Å². The Balaban J connectivity index is 1.44. The van der Waals surface area contributed by atoms with Crippen LogP contribution >= 0.6 is 11.3 Å². The second-order valence-corrected chi connectivity index (χ2v) is 10.2. The summed E-state index contributed by atoms with van der Waals surface area (Å²) < 4.78 is 34.3. The first-order valence-corrected chi connectivity index (χ1v) is 12.9. The molecule has 4 heterocycles. The zero-order valence-corrected chi connectivity index (χ0v) is 20.3. The van der Waals surface area contributed by atoms with Crippen LogP contribution in [0.15, 0.2) is 35.1 Å². The molecular formula is C25H28F2N4O3S. The molecule has 35 heavy (non-hydrogen) atoms. The molecule has 0 N–H and O–H groups in total. The van der Waals surface area contributed by atoms with Crippen LogP contribution in [0.2, 0.25) is 0 Å². The van der Waals surface area contributed by atoms with Crippen molar-refractivity contribution in [1.29, 1.82) is 0 Å². The highest BCUT2D eigenvalue weighted by atomic mass is 32.1. The van der Waals surface area contributed by atoms with Gasteiger partial charge in [0.25, 0.3) is 12.0 Å². The van der Waals surface area contributed by atoms with Gasteiger partial charge in [-0.25, -0.2) is 18.7 Å². The monoisotopic (exact) mass is 502 g/mol. The van der Waals surface area contributed by atoms with Gasteiger partial charge >= 0.3 is 0 Å². The number of ether oxygens (including phenoxy) is 1. The largest absolute Gasteiger partial charge is 0.381 e. The van der Waals surface area contributed by atoms with Gasteiger partial charge < -0.3 is 9.64 Å². The smallest absolute Gasteiger partial charge is 0.295 e. The Bertz CT molecular complexity index is 1260. The standard InChI is InChI=1S/C25H28F2N4O3S/c1-15(16-6-3-2-4-7-16)14-19(32)18-8-5-11-30(18)25-28-20-23(35-25)29-22(21(26)27)31(24(20)33)17-9-12-34-13-10-17/h2-4,6-7,15,17-18,21H,5,8-14H2,1H3/t15-,18+/m0/s1. The number of rotatable bonds is 7. The third kappa shape index (κ3) is 4.73. The maximum atomic E-state index is 13.9. The summed E-state index contributed by atoms with van der Waals surface area (Å²) in [5, 5.41) is 0.498. The third-order valence-electron chi connectivity index (χ3n) is 6.98. The number of ketones is 1. The predicted octanol–water partition coefficient (Wildman–Crippen LogP) is 4.87. The summed E-state index contributed by atoms with van der Waals surface area (Å²) >= 11 is 1.11. The molecule has 0 amide bonds. The molecule has 2 aliphatic rings. The normalized spacial score (nSPS) is 20.1. The number of carbonyl (C=O) groups excluding carboxylic acids is 1. The number of hydrogen-bond acceptors (Lipinski definition) is 7. The van der Waals surface area contributed by atoms with Gasteiger partial charge in [-0.3, -0.25) is 14.2 Å². The summed E-state index contributed by atoms with van der Waals surface area (Å²) in [7, 11) is 0. The van der Waals surface area contributed by atoms with Gasteiger partial charge in [0.2, 0.25) is 0 Å². The van der Waals surface area contributed by atoms with Gasteiger partial charge in [0, 0.05) is 32.2 Å². The lowest BCUT2D eigenvalue weighted by Crippen LogP contribution is -2.36. The fourth-order valence-electron chi connectivity index (χ4n) is 5.13. The molecular weight excluding hydrogens is 474 g/mol. The van der Waals surface area contributed by atoms with Gasteiger partial charge in [-0.15, -0.1) is 0 Å². The number of aromatic nitrogens is 3. The van der Waals surface area contributed by atoms with E-state index in [9.17, 15) is 18.4 Å². The molecule has 10 heteroatoms. The Labute approximate surface area is 205 Å². The Morgan fingerprint density at radius 2 is 1.91 bits per heavy atom. The van der Waals surface area contributed by atoms with Crippen molar-refractivity contribution in [2.24, 2.45) is 0 Å². The van der Waals surface area contributed by atoms with Crippen molar-refractivity contribution in [1.82, 2.24) is 14.5 Å². The summed E-state index contributed by atoms with van der Waals surface area (Å²) in [5.74, 6) is -0.308. The van der Waals surface area contributed by atoms with Crippen LogP contribution in [-0.2, 0) is 9.53 Å². The summed E-state index contributed by atoms with van der Waals surface area (Å²) in [6, 6.07) is 9.20. The summed E-state index contributed by atoms with van der Waals surface area (Å²) in [6.07, 6.45) is 0.0198. The molecule has 2 fully saturated rings. The fraction of sp³-hybridized carbons (Fsp3) is 0.520. The molecule has 2 atom stereocenters. The zero-order chi connectivity index (χ0) is 24.5. The van der Waals surface area contributed by atoms with Crippen LogP contribution in [0.3, 0.4) is 0 Å². The van der Waals surface area contributed by atoms with E-state index in [1.54, 1.807) is 0 Å². The molecule has 0 unspecified atom stereocenters. The van der Waals surface area contributed by atoms with Gasteiger partial charge in [0.1, 0.15) is 0 Å². The van der Waals surface area contributed by atoms with Crippen molar-refractivity contribution in [3.05, 3.63) is 52.1 Å². The van der Waals surface area contributed by atoms with Crippen LogP contribution in [0, 0.1) is 0 Å². The molecule has 3 aromatic rings. The number of fused-ring (bicyclic) bond motifs is 1. The van der Waals surface area contributed by atoms with Crippen LogP contribution in [0.25, 0.3) is 10.3 Å². The molecule has 7 nitrogen and oxygen atoms in total. The third-order valence-corrected chi connectivity index (χ3v) is 7.97. The minimum absolute atomic E-state index is 0.0865. The fourth-order valence-corrected chi connectivity index (χ4v) is 6.15. The van der Waals surface area contributed by atoms with E-state index in [-0.39, 0.29) is 34.1 Å². The van der Waals surface area contributed by atoms with E-state index in [2.05, 4.69) is 9.97 Å². The number of nitrogens with zero attached hydrogens (tertiary/aromatic N) is 4. The summed E-state index contributed by atoms with van der Waals surface area (Å²) in [5.41, 5.74) is 0.666. The van der Waals surface area contributed by atoms with Gasteiger partial charge in [-0.1, -0.05) is 48.6 Å². The van der Waals surface area contributed by atoms with Crippen molar-refractivity contribution >= 4 is 32.6 Å². The van der Waals surface area contributed by atoms with Crippen LogP contribution in [0.5, 0.6) is 0 Å². The van der Waals surface area contributed by atoms with E-state index in [4.69, 9.17) is 4.74 Å². The molecule has 2 aliphatic heterocycles. The maximum Gasteiger partial charge on any atom is 0.295 e. The summed E-state index contributed by atoms with van der Waals surface area (Å²) in [4.78, 5) is 37.4. The van der Waals surface area contributed by atoms with Crippen molar-refractivity contribution < 1.29 is 18.3 Å². The number of halogens is 2. The molecule has 5 rings (SSSR count). The van der Waals surface area contributed by atoms with Crippen molar-refractivity contribution in [3.63, 3.8) is 0 Å². The highest BCUT2D eigenvalue weighted by Gasteiger charge is 2.34. The first kappa shape index (κ1) is 24.0. The Morgan fingerprint density at radius 1 is 1.17 bits per heavy atom. The molecule has 0 bridgehead atoms. The zero-order valence-electron chi connectivity index (χ0n) is 19.5. The van der Waals surface area contributed by atoms with Crippen molar-refractivity contribution in [3.8, 4) is 0 Å². The Kier molecular flexibility index (Phi) is 6.93. The van der Waals surface area contributed by atoms with E-state index in [1.165, 1.54) is 0 Å².